The number of Topliss-reactive ketones (excluding diaryl/α,β-unsaturated/α-hetero) is 1. The van der Waals surface area contributed by atoms with Crippen molar-refractivity contribution in [2.45, 2.75) is 33.6 Å². The third-order valence-corrected chi connectivity index (χ3v) is 4.58. The summed E-state index contributed by atoms with van der Waals surface area (Å²) < 4.78 is 0. The number of ketones is 1. The largest absolute Gasteiger partial charge is 0.350 e. The van der Waals surface area contributed by atoms with E-state index in [0.717, 1.165) is 12.8 Å². The second-order valence-electron chi connectivity index (χ2n) is 5.45. The maximum absolute atomic E-state index is 12.2. The molecule has 88 valence electrons. The van der Waals surface area contributed by atoms with Gasteiger partial charge in [-0.3, -0.25) is 4.79 Å². The molecule has 2 fully saturated rings. The number of hydrogen-bond acceptors (Lipinski definition) is 3. The van der Waals surface area contributed by atoms with E-state index < -0.39 is 6.03 Å². The summed E-state index contributed by atoms with van der Waals surface area (Å²) in [6, 6.07) is -0.731. The lowest BCUT2D eigenvalue weighted by Crippen LogP contribution is -2.34. The van der Waals surface area contributed by atoms with E-state index in [2.05, 4.69) is 24.4 Å². The number of rotatable bonds is 1. The van der Waals surface area contributed by atoms with E-state index in [1.54, 1.807) is 0 Å². The highest BCUT2D eigenvalue weighted by Crippen LogP contribution is 2.62. The Bertz CT molecular complexity index is 400. The Morgan fingerprint density at radius 1 is 1.50 bits per heavy atom. The van der Waals surface area contributed by atoms with E-state index in [1.165, 1.54) is 0 Å². The minimum atomic E-state index is -0.731. The third-order valence-electron chi connectivity index (χ3n) is 4.58. The summed E-state index contributed by atoms with van der Waals surface area (Å²) in [5, 5.41) is 3.87. The Labute approximate surface area is 94.5 Å². The van der Waals surface area contributed by atoms with E-state index in [9.17, 15) is 9.59 Å². The summed E-state index contributed by atoms with van der Waals surface area (Å²) in [5.74, 6) is 0.194. The van der Waals surface area contributed by atoms with Crippen molar-refractivity contribution in [1.82, 2.24) is 5.43 Å². The number of nitrogens with two attached hydrogens (primary N) is 1. The highest BCUT2D eigenvalue weighted by atomic mass is 16.2. The molecular formula is C11H17N3O2. The van der Waals surface area contributed by atoms with Crippen LogP contribution in [-0.2, 0) is 4.79 Å². The highest BCUT2D eigenvalue weighted by Gasteiger charge is 2.65. The van der Waals surface area contributed by atoms with Crippen LogP contribution in [0.15, 0.2) is 5.10 Å². The molecule has 0 aliphatic heterocycles. The molecular weight excluding hydrogens is 206 g/mol. The fourth-order valence-corrected chi connectivity index (χ4v) is 3.07. The normalized spacial score (nSPS) is 38.1. The molecule has 3 N–H and O–H groups in total. The quantitative estimate of drug-likeness (QED) is 0.651. The van der Waals surface area contributed by atoms with Crippen molar-refractivity contribution in [2.75, 3.05) is 0 Å². The van der Waals surface area contributed by atoms with Crippen LogP contribution in [0.5, 0.6) is 0 Å². The first kappa shape index (κ1) is 11.1. The van der Waals surface area contributed by atoms with Crippen LogP contribution in [0.2, 0.25) is 0 Å². The predicted molar refractivity (Wildman–Crippen MR) is 59.8 cm³/mol. The Morgan fingerprint density at radius 2 is 2.12 bits per heavy atom. The van der Waals surface area contributed by atoms with Gasteiger partial charge in [0.2, 0.25) is 0 Å². The van der Waals surface area contributed by atoms with Crippen molar-refractivity contribution in [2.24, 2.45) is 27.6 Å². The molecule has 0 aromatic carbocycles. The average molecular weight is 223 g/mol. The van der Waals surface area contributed by atoms with Crippen molar-refractivity contribution >= 4 is 17.5 Å². The van der Waals surface area contributed by atoms with Crippen molar-refractivity contribution in [3.63, 3.8) is 0 Å². The molecule has 5 nitrogen and oxygen atoms in total. The Hall–Kier alpha value is -1.39. The van der Waals surface area contributed by atoms with E-state index in [4.69, 9.17) is 5.73 Å². The van der Waals surface area contributed by atoms with E-state index in [-0.39, 0.29) is 22.5 Å². The Morgan fingerprint density at radius 3 is 2.56 bits per heavy atom. The third kappa shape index (κ3) is 1.14. The van der Waals surface area contributed by atoms with Crippen molar-refractivity contribution in [1.29, 1.82) is 0 Å². The summed E-state index contributed by atoms with van der Waals surface area (Å²) in [6.45, 7) is 6.17. The first-order valence-electron chi connectivity index (χ1n) is 5.48. The molecule has 2 aliphatic carbocycles. The summed E-state index contributed by atoms with van der Waals surface area (Å²) >= 11 is 0. The molecule has 5 heteroatoms. The van der Waals surface area contributed by atoms with Crippen molar-refractivity contribution in [3.05, 3.63) is 0 Å². The van der Waals surface area contributed by atoms with E-state index in [0.29, 0.717) is 5.71 Å². The van der Waals surface area contributed by atoms with Gasteiger partial charge in [0.1, 0.15) is 5.71 Å². The molecule has 2 unspecified atom stereocenters. The van der Waals surface area contributed by atoms with Gasteiger partial charge in [-0.05, 0) is 18.3 Å². The second-order valence-corrected chi connectivity index (χ2v) is 5.45. The predicted octanol–water partition coefficient (Wildman–Crippen LogP) is 1.04. The number of carbonyl (C=O) groups is 2. The standard InChI is InChI=1S/C11H17N3O2/c1-10(2)6-4-5-11(10,3)8(15)7(6)13-14-9(12)16/h6H,4-5H2,1-3H3,(H3,12,14,16)/b13-7+. The second kappa shape index (κ2) is 3.06. The van der Waals surface area contributed by atoms with Crippen LogP contribution in [0.1, 0.15) is 33.6 Å². The van der Waals surface area contributed by atoms with Gasteiger partial charge in [0.25, 0.3) is 0 Å². The van der Waals surface area contributed by atoms with Crippen LogP contribution in [0, 0.1) is 16.7 Å². The van der Waals surface area contributed by atoms with Gasteiger partial charge in [-0.2, -0.15) is 5.10 Å². The average Bonchev–Trinajstić information content (AvgIpc) is 2.47. The van der Waals surface area contributed by atoms with Gasteiger partial charge in [-0.25, -0.2) is 10.2 Å². The molecule has 2 rings (SSSR count). The number of fused-ring (bicyclic) bond motifs is 2. The number of nitrogens with one attached hydrogen (secondary N) is 1. The van der Waals surface area contributed by atoms with Crippen LogP contribution in [-0.4, -0.2) is 17.5 Å². The zero-order valence-electron chi connectivity index (χ0n) is 9.83. The SMILES string of the molecule is CC12CCC(/C(=N\NC(N)=O)C1=O)C2(C)C. The van der Waals surface area contributed by atoms with E-state index >= 15 is 0 Å². The van der Waals surface area contributed by atoms with Crippen LogP contribution in [0.4, 0.5) is 4.79 Å². The monoisotopic (exact) mass is 223 g/mol. The maximum Gasteiger partial charge on any atom is 0.332 e. The fraction of sp³-hybridized carbons (Fsp3) is 0.727. The first-order valence-corrected chi connectivity index (χ1v) is 5.48. The molecule has 0 heterocycles. The molecule has 2 bridgehead atoms. The number of amides is 2. The van der Waals surface area contributed by atoms with Crippen LogP contribution >= 0.6 is 0 Å². The Kier molecular flexibility index (Phi) is 2.12. The number of carbonyl (C=O) groups excluding carboxylic acids is 2. The molecule has 0 aromatic heterocycles. The summed E-state index contributed by atoms with van der Waals surface area (Å²) in [7, 11) is 0. The highest BCUT2D eigenvalue weighted by molar-refractivity contribution is 6.45. The van der Waals surface area contributed by atoms with Gasteiger partial charge in [0.15, 0.2) is 5.78 Å². The van der Waals surface area contributed by atoms with Crippen molar-refractivity contribution in [3.8, 4) is 0 Å². The van der Waals surface area contributed by atoms with E-state index in [1.807, 2.05) is 6.92 Å². The van der Waals surface area contributed by atoms with Gasteiger partial charge in [0, 0.05) is 11.3 Å². The molecule has 0 spiro atoms. The van der Waals surface area contributed by atoms with Crippen LogP contribution in [0.25, 0.3) is 0 Å². The topological polar surface area (TPSA) is 84.5 Å². The smallest absolute Gasteiger partial charge is 0.332 e. The maximum atomic E-state index is 12.2. The molecule has 0 aromatic rings. The molecule has 16 heavy (non-hydrogen) atoms. The van der Waals surface area contributed by atoms with Crippen molar-refractivity contribution < 1.29 is 9.59 Å². The lowest BCUT2D eigenvalue weighted by molar-refractivity contribution is -0.123. The Balaban J connectivity index is 2.37. The number of primary amides is 1. The fourth-order valence-electron chi connectivity index (χ4n) is 3.07. The molecule has 2 amide bonds. The van der Waals surface area contributed by atoms with Gasteiger partial charge in [-0.1, -0.05) is 20.8 Å². The number of nitrogens with zero attached hydrogens (tertiary/aromatic N) is 1. The number of urea groups is 1. The van der Waals surface area contributed by atoms with Gasteiger partial charge >= 0.3 is 6.03 Å². The van der Waals surface area contributed by atoms with Gasteiger partial charge in [0.05, 0.1) is 0 Å². The molecule has 2 saturated carbocycles. The lowest BCUT2D eigenvalue weighted by Gasteiger charge is -2.31. The summed E-state index contributed by atoms with van der Waals surface area (Å²) in [4.78, 5) is 22.8. The lowest BCUT2D eigenvalue weighted by atomic mass is 9.70. The molecule has 2 aliphatic rings. The van der Waals surface area contributed by atoms with Crippen LogP contribution < -0.4 is 11.2 Å². The molecule has 0 saturated heterocycles. The molecule has 2 atom stereocenters. The van der Waals surface area contributed by atoms with Gasteiger partial charge in [-0.15, -0.1) is 0 Å². The summed E-state index contributed by atoms with van der Waals surface area (Å²) in [5.41, 5.74) is 7.18. The van der Waals surface area contributed by atoms with Gasteiger partial charge < -0.3 is 5.73 Å². The number of hydrogen-bond donors (Lipinski definition) is 2. The number of hydrazone groups is 1. The van der Waals surface area contributed by atoms with Crippen LogP contribution in [0.3, 0.4) is 0 Å². The summed E-state index contributed by atoms with van der Waals surface area (Å²) in [6.07, 6.45) is 1.85. The minimum absolute atomic E-state index is 0.0579. The zero-order valence-corrected chi connectivity index (χ0v) is 9.83. The molecule has 0 radical (unpaired) electrons. The first-order chi connectivity index (χ1) is 7.30. The minimum Gasteiger partial charge on any atom is -0.350 e. The zero-order chi connectivity index (χ0) is 12.1.